The quantitative estimate of drug-likeness (QED) is 0.659. The molecule has 2 amide bonds. The summed E-state index contributed by atoms with van der Waals surface area (Å²) in [5, 5.41) is 3.92. The number of rotatable bonds is 5. The van der Waals surface area contributed by atoms with Gasteiger partial charge in [0.1, 0.15) is 5.00 Å². The average Bonchev–Trinajstić information content (AvgIpc) is 3.11. The van der Waals surface area contributed by atoms with Crippen molar-refractivity contribution in [2.75, 3.05) is 18.4 Å². The number of nitrogens with two attached hydrogens (primary N) is 1. The fraction of sp³-hybridized carbons (Fsp3) is 0.455. The van der Waals surface area contributed by atoms with Gasteiger partial charge in [-0.2, -0.15) is 4.31 Å². The molecular weight excluding hydrogens is 470 g/mol. The molecule has 1 atom stereocenters. The van der Waals surface area contributed by atoms with E-state index in [4.69, 9.17) is 17.3 Å². The summed E-state index contributed by atoms with van der Waals surface area (Å²) >= 11 is 7.30. The molecule has 1 fully saturated rings. The van der Waals surface area contributed by atoms with Crippen LogP contribution in [0.4, 0.5) is 5.00 Å². The number of halogens is 1. The van der Waals surface area contributed by atoms with E-state index in [1.165, 1.54) is 27.8 Å². The maximum Gasteiger partial charge on any atom is 0.251 e. The Morgan fingerprint density at radius 1 is 1.16 bits per heavy atom. The first kappa shape index (κ1) is 23.2. The summed E-state index contributed by atoms with van der Waals surface area (Å²) in [5.41, 5.74) is 7.05. The summed E-state index contributed by atoms with van der Waals surface area (Å²) in [5.74, 6) is -0.498. The molecule has 10 heteroatoms. The fourth-order valence-corrected chi connectivity index (χ4v) is 7.44. The molecule has 1 aromatic heterocycles. The van der Waals surface area contributed by atoms with E-state index in [2.05, 4.69) is 12.2 Å². The number of carbonyl (C=O) groups excluding carboxylic acids is 2. The maximum absolute atomic E-state index is 12.9. The first-order chi connectivity index (χ1) is 15.2. The van der Waals surface area contributed by atoms with Crippen molar-refractivity contribution >= 4 is 49.8 Å². The molecule has 0 saturated carbocycles. The van der Waals surface area contributed by atoms with Crippen LogP contribution in [-0.2, 0) is 27.7 Å². The van der Waals surface area contributed by atoms with Gasteiger partial charge in [-0.1, -0.05) is 18.5 Å². The van der Waals surface area contributed by atoms with Crippen molar-refractivity contribution in [2.24, 2.45) is 17.6 Å². The molecule has 172 valence electrons. The van der Waals surface area contributed by atoms with Crippen LogP contribution in [0.2, 0.25) is 5.02 Å². The van der Waals surface area contributed by atoms with Gasteiger partial charge in [-0.3, -0.25) is 9.59 Å². The van der Waals surface area contributed by atoms with Crippen molar-refractivity contribution in [3.8, 4) is 0 Å². The summed E-state index contributed by atoms with van der Waals surface area (Å²) in [6.07, 6.45) is 3.50. The van der Waals surface area contributed by atoms with Gasteiger partial charge in [-0.05, 0) is 67.9 Å². The number of amides is 2. The van der Waals surface area contributed by atoms with Gasteiger partial charge in [0, 0.05) is 28.9 Å². The van der Waals surface area contributed by atoms with E-state index >= 15 is 0 Å². The van der Waals surface area contributed by atoms with Gasteiger partial charge in [0.2, 0.25) is 15.9 Å². The van der Waals surface area contributed by atoms with Gasteiger partial charge in [-0.25, -0.2) is 8.42 Å². The number of anilines is 1. The molecule has 2 aliphatic rings. The zero-order chi connectivity index (χ0) is 23.0. The zero-order valence-corrected chi connectivity index (χ0v) is 20.2. The Labute approximate surface area is 197 Å². The van der Waals surface area contributed by atoms with Gasteiger partial charge in [-0.15, -0.1) is 11.3 Å². The van der Waals surface area contributed by atoms with Crippen LogP contribution in [0.25, 0.3) is 0 Å². The van der Waals surface area contributed by atoms with Crippen LogP contribution in [0.15, 0.2) is 29.2 Å². The SMILES string of the molecule is CC1CCc2c(sc(NC(=O)C3CCN(S(=O)(=O)c4ccc(Cl)cc4)CC3)c2C(N)=O)C1. The summed E-state index contributed by atoms with van der Waals surface area (Å²) < 4.78 is 27.1. The normalized spacial score (nSPS) is 20.0. The van der Waals surface area contributed by atoms with Crippen LogP contribution in [0, 0.1) is 11.8 Å². The minimum atomic E-state index is -3.63. The lowest BCUT2D eigenvalue weighted by atomic mass is 9.88. The van der Waals surface area contributed by atoms with Crippen LogP contribution in [-0.4, -0.2) is 37.6 Å². The minimum absolute atomic E-state index is 0.189. The van der Waals surface area contributed by atoms with Gasteiger partial charge < -0.3 is 11.1 Å². The van der Waals surface area contributed by atoms with Crippen molar-refractivity contribution < 1.29 is 18.0 Å². The second-order valence-electron chi connectivity index (χ2n) is 8.54. The van der Waals surface area contributed by atoms with E-state index in [0.717, 1.165) is 29.7 Å². The van der Waals surface area contributed by atoms with E-state index in [0.29, 0.717) is 34.3 Å². The Morgan fingerprint density at radius 3 is 2.44 bits per heavy atom. The van der Waals surface area contributed by atoms with Gasteiger partial charge in [0.05, 0.1) is 10.5 Å². The van der Waals surface area contributed by atoms with Crippen molar-refractivity contribution in [2.45, 2.75) is 43.9 Å². The summed E-state index contributed by atoms with van der Waals surface area (Å²) in [7, 11) is -3.63. The van der Waals surface area contributed by atoms with Crippen molar-refractivity contribution in [1.82, 2.24) is 4.31 Å². The number of benzene rings is 1. The Balaban J connectivity index is 1.43. The number of nitrogens with zero attached hydrogens (tertiary/aromatic N) is 1. The number of hydrogen-bond donors (Lipinski definition) is 2. The third-order valence-electron chi connectivity index (χ3n) is 6.27. The lowest BCUT2D eigenvalue weighted by Crippen LogP contribution is -2.41. The predicted octanol–water partition coefficient (Wildman–Crippen LogP) is 3.66. The molecule has 0 radical (unpaired) electrons. The topological polar surface area (TPSA) is 110 Å². The summed E-state index contributed by atoms with van der Waals surface area (Å²) in [6.45, 7) is 2.69. The lowest BCUT2D eigenvalue weighted by Gasteiger charge is -2.30. The largest absolute Gasteiger partial charge is 0.365 e. The molecular formula is C22H26ClN3O4S2. The van der Waals surface area contributed by atoms with E-state index in [1.54, 1.807) is 12.1 Å². The monoisotopic (exact) mass is 495 g/mol. The van der Waals surface area contributed by atoms with Gasteiger partial charge in [0.25, 0.3) is 5.91 Å². The number of primary amides is 1. The van der Waals surface area contributed by atoms with E-state index in [-0.39, 0.29) is 29.8 Å². The zero-order valence-electron chi connectivity index (χ0n) is 17.8. The van der Waals surface area contributed by atoms with Gasteiger partial charge >= 0.3 is 0 Å². The first-order valence-electron chi connectivity index (χ1n) is 10.7. The third kappa shape index (κ3) is 4.57. The number of sulfonamides is 1. The highest BCUT2D eigenvalue weighted by atomic mass is 35.5. The predicted molar refractivity (Wildman–Crippen MR) is 126 cm³/mol. The molecule has 7 nitrogen and oxygen atoms in total. The average molecular weight is 496 g/mol. The molecule has 0 bridgehead atoms. The second-order valence-corrected chi connectivity index (χ2v) is 12.0. The molecule has 1 aliphatic carbocycles. The molecule has 1 unspecified atom stereocenters. The highest BCUT2D eigenvalue weighted by molar-refractivity contribution is 7.89. The summed E-state index contributed by atoms with van der Waals surface area (Å²) in [4.78, 5) is 26.4. The number of carbonyl (C=O) groups is 2. The first-order valence-corrected chi connectivity index (χ1v) is 13.3. The van der Waals surface area contributed by atoms with Crippen LogP contribution >= 0.6 is 22.9 Å². The number of thiophene rings is 1. The molecule has 3 N–H and O–H groups in total. The smallest absolute Gasteiger partial charge is 0.251 e. The minimum Gasteiger partial charge on any atom is -0.365 e. The molecule has 1 aromatic carbocycles. The third-order valence-corrected chi connectivity index (χ3v) is 9.61. The molecule has 2 heterocycles. The van der Waals surface area contributed by atoms with Crippen LogP contribution < -0.4 is 11.1 Å². The van der Waals surface area contributed by atoms with E-state index < -0.39 is 15.9 Å². The highest BCUT2D eigenvalue weighted by Crippen LogP contribution is 2.40. The Bertz CT molecular complexity index is 1140. The number of nitrogens with one attached hydrogen (secondary N) is 1. The molecule has 0 spiro atoms. The van der Waals surface area contributed by atoms with E-state index in [1.807, 2.05) is 0 Å². The molecule has 2 aromatic rings. The number of hydrogen-bond acceptors (Lipinski definition) is 5. The Hall–Kier alpha value is -1.94. The molecule has 4 rings (SSSR count). The molecule has 32 heavy (non-hydrogen) atoms. The lowest BCUT2D eigenvalue weighted by molar-refractivity contribution is -0.120. The van der Waals surface area contributed by atoms with E-state index in [9.17, 15) is 18.0 Å². The van der Waals surface area contributed by atoms with Gasteiger partial charge in [0.15, 0.2) is 0 Å². The molecule has 1 aliphatic heterocycles. The highest BCUT2D eigenvalue weighted by Gasteiger charge is 2.33. The standard InChI is InChI=1S/C22H26ClN3O4S2/c1-13-2-7-17-18(12-13)31-22(19(17)20(24)27)25-21(28)14-8-10-26(11-9-14)32(29,30)16-5-3-15(23)4-6-16/h3-6,13-14H,2,7-12H2,1H3,(H2,24,27)(H,25,28). The Kier molecular flexibility index (Phi) is 6.63. The number of piperidine rings is 1. The van der Waals surface area contributed by atoms with Crippen molar-refractivity contribution in [3.05, 3.63) is 45.3 Å². The second kappa shape index (κ2) is 9.13. The number of fused-ring (bicyclic) bond motifs is 1. The molecule has 1 saturated heterocycles. The summed E-state index contributed by atoms with van der Waals surface area (Å²) in [6, 6.07) is 6.07. The van der Waals surface area contributed by atoms with Crippen molar-refractivity contribution in [3.63, 3.8) is 0 Å². The van der Waals surface area contributed by atoms with Crippen LogP contribution in [0.3, 0.4) is 0 Å². The fourth-order valence-electron chi connectivity index (χ4n) is 4.43. The van der Waals surface area contributed by atoms with Crippen LogP contribution in [0.5, 0.6) is 0 Å². The maximum atomic E-state index is 12.9. The Morgan fingerprint density at radius 2 is 1.81 bits per heavy atom. The van der Waals surface area contributed by atoms with Crippen LogP contribution in [0.1, 0.15) is 47.0 Å². The van der Waals surface area contributed by atoms with Crippen molar-refractivity contribution in [1.29, 1.82) is 0 Å².